The van der Waals surface area contributed by atoms with Gasteiger partial charge in [0, 0.05) is 6.54 Å². The molecule has 130 valence electrons. The molecule has 23 heavy (non-hydrogen) atoms. The molecular weight excluding hydrogens is 323 g/mol. The Kier molecular flexibility index (Phi) is 6.10. The van der Waals surface area contributed by atoms with Crippen molar-refractivity contribution in [3.8, 4) is 0 Å². The Morgan fingerprint density at radius 2 is 2.09 bits per heavy atom. The van der Waals surface area contributed by atoms with Crippen LogP contribution >= 0.6 is 0 Å². The van der Waals surface area contributed by atoms with Gasteiger partial charge in [-0.05, 0) is 31.3 Å². The van der Waals surface area contributed by atoms with Crippen molar-refractivity contribution in [1.82, 2.24) is 9.62 Å². The van der Waals surface area contributed by atoms with Crippen molar-refractivity contribution in [3.63, 3.8) is 0 Å². The number of aliphatic hydroxyl groups excluding tert-OH is 1. The number of ether oxygens (including phenoxy) is 1. The minimum absolute atomic E-state index is 0.0850. The van der Waals surface area contributed by atoms with Crippen LogP contribution < -0.4 is 4.72 Å². The van der Waals surface area contributed by atoms with Gasteiger partial charge in [-0.3, -0.25) is 0 Å². The summed E-state index contributed by atoms with van der Waals surface area (Å²) in [6.45, 7) is 6.28. The van der Waals surface area contributed by atoms with Gasteiger partial charge in [-0.15, -0.1) is 0 Å². The largest absolute Gasteiger partial charge is 0.389 e. The maximum Gasteiger partial charge on any atom is 0.241 e. The van der Waals surface area contributed by atoms with Gasteiger partial charge in [-0.1, -0.05) is 19.9 Å². The second-order valence-corrected chi connectivity index (χ2v) is 7.25. The highest BCUT2D eigenvalue weighted by molar-refractivity contribution is 7.89. The maximum atomic E-state index is 13.2. The molecular formula is C15H23FN2O4S. The lowest BCUT2D eigenvalue weighted by Crippen LogP contribution is -2.46. The Morgan fingerprint density at radius 3 is 2.70 bits per heavy atom. The second-order valence-electron chi connectivity index (χ2n) is 5.53. The molecule has 3 unspecified atom stereocenters. The van der Waals surface area contributed by atoms with E-state index in [0.717, 1.165) is 19.2 Å². The van der Waals surface area contributed by atoms with Crippen molar-refractivity contribution in [2.24, 2.45) is 0 Å². The van der Waals surface area contributed by atoms with Crippen LogP contribution in [0.2, 0.25) is 0 Å². The van der Waals surface area contributed by atoms with Gasteiger partial charge in [0.05, 0.1) is 29.8 Å². The maximum absolute atomic E-state index is 13.2. The summed E-state index contributed by atoms with van der Waals surface area (Å²) in [6.07, 6.45) is -1.39. The Bertz CT molecular complexity index is 622. The molecule has 1 aliphatic heterocycles. The van der Waals surface area contributed by atoms with E-state index in [0.29, 0.717) is 6.54 Å². The summed E-state index contributed by atoms with van der Waals surface area (Å²) < 4.78 is 45.7. The molecule has 8 heteroatoms. The highest BCUT2D eigenvalue weighted by Gasteiger charge is 2.38. The second kappa shape index (κ2) is 7.67. The summed E-state index contributed by atoms with van der Waals surface area (Å²) in [5.74, 6) is -0.629. The zero-order valence-corrected chi connectivity index (χ0v) is 14.1. The molecule has 2 rings (SSSR count). The molecule has 1 saturated heterocycles. The van der Waals surface area contributed by atoms with Crippen molar-refractivity contribution in [3.05, 3.63) is 30.1 Å². The van der Waals surface area contributed by atoms with Gasteiger partial charge in [-0.2, -0.15) is 0 Å². The van der Waals surface area contributed by atoms with Gasteiger partial charge in [0.2, 0.25) is 10.0 Å². The highest BCUT2D eigenvalue weighted by Crippen LogP contribution is 2.19. The van der Waals surface area contributed by atoms with E-state index in [4.69, 9.17) is 4.74 Å². The van der Waals surface area contributed by atoms with Gasteiger partial charge in [0.25, 0.3) is 0 Å². The van der Waals surface area contributed by atoms with Crippen LogP contribution in [0.15, 0.2) is 29.2 Å². The zero-order chi connectivity index (χ0) is 17.0. The molecule has 0 aromatic heterocycles. The van der Waals surface area contributed by atoms with Gasteiger partial charge in [0.15, 0.2) is 0 Å². The Labute approximate surface area is 136 Å². The SMILES string of the molecule is CCN(CC)CC1OCC(NS(=O)(=O)c2cccc(F)c2)C1O. The van der Waals surface area contributed by atoms with E-state index < -0.39 is 34.1 Å². The van der Waals surface area contributed by atoms with E-state index in [2.05, 4.69) is 9.62 Å². The number of nitrogens with one attached hydrogen (secondary N) is 1. The zero-order valence-electron chi connectivity index (χ0n) is 13.3. The Hall–Kier alpha value is -1.06. The number of halogens is 1. The molecule has 1 fully saturated rings. The fraction of sp³-hybridized carbons (Fsp3) is 0.600. The average molecular weight is 346 g/mol. The Morgan fingerprint density at radius 1 is 1.39 bits per heavy atom. The molecule has 0 amide bonds. The molecule has 1 heterocycles. The van der Waals surface area contributed by atoms with Gasteiger partial charge >= 0.3 is 0 Å². The molecule has 0 radical (unpaired) electrons. The third-order valence-corrected chi connectivity index (χ3v) is 5.52. The van der Waals surface area contributed by atoms with Crippen LogP contribution in [0, 0.1) is 5.82 Å². The van der Waals surface area contributed by atoms with Crippen LogP contribution in [0.1, 0.15) is 13.8 Å². The number of hydrogen-bond donors (Lipinski definition) is 2. The van der Waals surface area contributed by atoms with Gasteiger partial charge in [0.1, 0.15) is 5.82 Å². The number of nitrogens with zero attached hydrogens (tertiary/aromatic N) is 1. The monoisotopic (exact) mass is 346 g/mol. The van der Waals surface area contributed by atoms with Crippen LogP contribution in [0.5, 0.6) is 0 Å². The number of sulfonamides is 1. The van der Waals surface area contributed by atoms with E-state index in [9.17, 15) is 17.9 Å². The first-order valence-corrected chi connectivity index (χ1v) is 9.15. The Balaban J connectivity index is 2.03. The van der Waals surface area contributed by atoms with Crippen molar-refractivity contribution >= 4 is 10.0 Å². The minimum atomic E-state index is -3.91. The topological polar surface area (TPSA) is 78.9 Å². The van der Waals surface area contributed by atoms with E-state index >= 15 is 0 Å². The molecule has 0 aliphatic carbocycles. The molecule has 1 aliphatic rings. The summed E-state index contributed by atoms with van der Waals surface area (Å²) in [7, 11) is -3.91. The van der Waals surface area contributed by atoms with Crippen LogP contribution in [-0.2, 0) is 14.8 Å². The predicted molar refractivity (Wildman–Crippen MR) is 84.0 cm³/mol. The van der Waals surface area contributed by atoms with Crippen LogP contribution in [0.4, 0.5) is 4.39 Å². The first kappa shape index (κ1) is 18.3. The molecule has 1 aromatic rings. The third kappa shape index (κ3) is 4.48. The first-order valence-electron chi connectivity index (χ1n) is 7.67. The van der Waals surface area contributed by atoms with Crippen molar-refractivity contribution in [1.29, 1.82) is 0 Å². The van der Waals surface area contributed by atoms with E-state index in [1.807, 2.05) is 13.8 Å². The lowest BCUT2D eigenvalue weighted by molar-refractivity contribution is 0.0175. The lowest BCUT2D eigenvalue weighted by Gasteiger charge is -2.24. The molecule has 6 nitrogen and oxygen atoms in total. The van der Waals surface area contributed by atoms with Crippen molar-refractivity contribution in [2.75, 3.05) is 26.2 Å². The molecule has 3 atom stereocenters. The van der Waals surface area contributed by atoms with Crippen molar-refractivity contribution in [2.45, 2.75) is 37.0 Å². The predicted octanol–water partition coefficient (Wildman–Crippen LogP) is 0.574. The van der Waals surface area contributed by atoms with E-state index in [1.54, 1.807) is 0 Å². The standard InChI is InChI=1S/C15H23FN2O4S/c1-3-18(4-2)9-14-15(19)13(10-22-14)17-23(20,21)12-7-5-6-11(16)8-12/h5-8,13-15,17,19H,3-4,9-10H2,1-2H3. The quantitative estimate of drug-likeness (QED) is 0.755. The number of hydrogen-bond acceptors (Lipinski definition) is 5. The lowest BCUT2D eigenvalue weighted by atomic mass is 10.1. The van der Waals surface area contributed by atoms with Crippen LogP contribution in [0.25, 0.3) is 0 Å². The number of benzene rings is 1. The molecule has 0 spiro atoms. The summed E-state index contributed by atoms with van der Waals surface area (Å²) in [5, 5.41) is 10.3. The fourth-order valence-corrected chi connectivity index (χ4v) is 3.85. The molecule has 2 N–H and O–H groups in total. The highest BCUT2D eigenvalue weighted by atomic mass is 32.2. The number of rotatable bonds is 7. The molecule has 1 aromatic carbocycles. The van der Waals surface area contributed by atoms with Gasteiger partial charge in [-0.25, -0.2) is 17.5 Å². The van der Waals surface area contributed by atoms with E-state index in [-0.39, 0.29) is 11.5 Å². The summed E-state index contributed by atoms with van der Waals surface area (Å²) >= 11 is 0. The fourth-order valence-electron chi connectivity index (χ4n) is 2.59. The summed E-state index contributed by atoms with van der Waals surface area (Å²) in [6, 6.07) is 4.00. The third-order valence-electron chi connectivity index (χ3n) is 4.03. The molecule has 0 bridgehead atoms. The minimum Gasteiger partial charge on any atom is -0.389 e. The number of aliphatic hydroxyl groups is 1. The first-order chi connectivity index (χ1) is 10.9. The van der Waals surface area contributed by atoms with Crippen molar-refractivity contribution < 1.29 is 22.7 Å². The summed E-state index contributed by atoms with van der Waals surface area (Å²) in [5.41, 5.74) is 0. The van der Waals surface area contributed by atoms with Gasteiger partial charge < -0.3 is 14.7 Å². The van der Waals surface area contributed by atoms with Crippen LogP contribution in [-0.4, -0.2) is 62.9 Å². The summed E-state index contributed by atoms with van der Waals surface area (Å²) in [4.78, 5) is 1.93. The molecule has 0 saturated carbocycles. The smallest absolute Gasteiger partial charge is 0.241 e. The number of likely N-dealkylation sites (N-methyl/N-ethyl adjacent to an activating group) is 1. The van der Waals surface area contributed by atoms with Crippen LogP contribution in [0.3, 0.4) is 0 Å². The normalized spacial score (nSPS) is 25.2. The average Bonchev–Trinajstić information content (AvgIpc) is 2.85. The van der Waals surface area contributed by atoms with E-state index in [1.165, 1.54) is 18.2 Å².